The van der Waals surface area contributed by atoms with E-state index in [0.29, 0.717) is 47.6 Å². The summed E-state index contributed by atoms with van der Waals surface area (Å²) in [6.45, 7) is 3.41. The number of hydrogen-bond acceptors (Lipinski definition) is 4. The van der Waals surface area contributed by atoms with Gasteiger partial charge in [0.1, 0.15) is 5.52 Å². The van der Waals surface area contributed by atoms with Crippen LogP contribution in [0.3, 0.4) is 0 Å². The molecule has 184 valence electrons. The molecule has 1 aliphatic heterocycles. The van der Waals surface area contributed by atoms with Crippen LogP contribution in [0.1, 0.15) is 68.6 Å². The minimum absolute atomic E-state index is 0.0154. The van der Waals surface area contributed by atoms with Crippen LogP contribution in [0.2, 0.25) is 0 Å². The average molecular weight is 474 g/mol. The number of carbonyl (C=O) groups excluding carboxylic acids is 2. The van der Waals surface area contributed by atoms with E-state index in [0.717, 1.165) is 31.2 Å². The van der Waals surface area contributed by atoms with Gasteiger partial charge < -0.3 is 14.6 Å². The summed E-state index contributed by atoms with van der Waals surface area (Å²) in [7, 11) is 0. The van der Waals surface area contributed by atoms with E-state index >= 15 is 0 Å². The molecule has 2 fully saturated rings. The summed E-state index contributed by atoms with van der Waals surface area (Å²) in [6.07, 6.45) is 8.92. The second-order valence-electron chi connectivity index (χ2n) is 10.2. The molecule has 2 aliphatic rings. The van der Waals surface area contributed by atoms with E-state index in [-0.39, 0.29) is 17.7 Å². The molecule has 1 atom stereocenters. The van der Waals surface area contributed by atoms with Crippen LogP contribution < -0.4 is 5.32 Å². The van der Waals surface area contributed by atoms with Gasteiger partial charge in [0.05, 0.1) is 0 Å². The number of amides is 2. The summed E-state index contributed by atoms with van der Waals surface area (Å²) in [5, 5.41) is 3.31. The lowest BCUT2D eigenvalue weighted by molar-refractivity contribution is -0.127. The first-order valence-corrected chi connectivity index (χ1v) is 13.1. The number of rotatable bonds is 5. The molecule has 6 nitrogen and oxygen atoms in total. The highest BCUT2D eigenvalue weighted by Gasteiger charge is 2.31. The number of carbonyl (C=O) groups is 2. The minimum atomic E-state index is -0.0154. The molecule has 2 amide bonds. The Hall–Kier alpha value is -3.15. The number of aromatic nitrogens is 1. The van der Waals surface area contributed by atoms with Crippen molar-refractivity contribution >= 4 is 22.9 Å². The summed E-state index contributed by atoms with van der Waals surface area (Å²) in [5.74, 6) is 1.06. The van der Waals surface area contributed by atoms with Gasteiger partial charge in [-0.05, 0) is 61.9 Å². The Morgan fingerprint density at radius 3 is 2.40 bits per heavy atom. The zero-order chi connectivity index (χ0) is 24.2. The van der Waals surface area contributed by atoms with Gasteiger partial charge >= 0.3 is 0 Å². The molecule has 5 rings (SSSR count). The number of piperidine rings is 1. The van der Waals surface area contributed by atoms with Crippen LogP contribution in [-0.2, 0) is 4.79 Å². The monoisotopic (exact) mass is 473 g/mol. The molecular weight excluding hydrogens is 438 g/mol. The summed E-state index contributed by atoms with van der Waals surface area (Å²) in [5.41, 5.74) is 2.90. The van der Waals surface area contributed by atoms with Crippen LogP contribution in [0.15, 0.2) is 52.9 Å². The van der Waals surface area contributed by atoms with Gasteiger partial charge in [-0.15, -0.1) is 0 Å². The lowest BCUT2D eigenvalue weighted by Crippen LogP contribution is -2.44. The average Bonchev–Trinajstić information content (AvgIpc) is 3.17. The van der Waals surface area contributed by atoms with Crippen LogP contribution in [0.5, 0.6) is 0 Å². The highest BCUT2D eigenvalue weighted by molar-refractivity contribution is 5.97. The Kier molecular flexibility index (Phi) is 7.16. The van der Waals surface area contributed by atoms with E-state index in [1.165, 1.54) is 25.7 Å². The smallest absolute Gasteiger partial charge is 0.253 e. The number of hydrogen-bond donors (Lipinski definition) is 1. The highest BCUT2D eigenvalue weighted by Crippen LogP contribution is 2.29. The number of oxazole rings is 1. The van der Waals surface area contributed by atoms with Crippen molar-refractivity contribution in [3.8, 4) is 11.5 Å². The third-order valence-electron chi connectivity index (χ3n) is 7.80. The fraction of sp³-hybridized carbons (Fsp3) is 0.483. The van der Waals surface area contributed by atoms with Crippen molar-refractivity contribution in [2.45, 2.75) is 64.3 Å². The summed E-state index contributed by atoms with van der Waals surface area (Å²) >= 11 is 0. The van der Waals surface area contributed by atoms with Crippen molar-refractivity contribution in [3.63, 3.8) is 0 Å². The second kappa shape index (κ2) is 10.6. The molecule has 1 saturated heterocycles. The normalized spacial score (nSPS) is 18.8. The number of benzene rings is 2. The summed E-state index contributed by atoms with van der Waals surface area (Å²) < 4.78 is 5.88. The van der Waals surface area contributed by atoms with Gasteiger partial charge in [-0.25, -0.2) is 4.98 Å². The zero-order valence-corrected chi connectivity index (χ0v) is 20.5. The van der Waals surface area contributed by atoms with Crippen molar-refractivity contribution in [2.24, 2.45) is 11.8 Å². The maximum Gasteiger partial charge on any atom is 0.253 e. The van der Waals surface area contributed by atoms with Gasteiger partial charge in [0, 0.05) is 36.2 Å². The first kappa shape index (κ1) is 23.6. The fourth-order valence-corrected chi connectivity index (χ4v) is 5.52. The third kappa shape index (κ3) is 5.42. The van der Waals surface area contributed by atoms with Gasteiger partial charge in [-0.1, -0.05) is 50.8 Å². The molecule has 0 bridgehead atoms. The van der Waals surface area contributed by atoms with Gasteiger partial charge in [0.2, 0.25) is 11.8 Å². The lowest BCUT2D eigenvalue weighted by atomic mass is 9.84. The third-order valence-corrected chi connectivity index (χ3v) is 7.80. The van der Waals surface area contributed by atoms with Crippen molar-refractivity contribution in [1.82, 2.24) is 15.2 Å². The molecular formula is C29H35N3O3. The molecule has 0 radical (unpaired) electrons. The maximum absolute atomic E-state index is 13.2. The Balaban J connectivity index is 1.18. The molecule has 2 heterocycles. The second-order valence-corrected chi connectivity index (χ2v) is 10.2. The van der Waals surface area contributed by atoms with Crippen molar-refractivity contribution in [1.29, 1.82) is 0 Å². The van der Waals surface area contributed by atoms with E-state index in [4.69, 9.17) is 4.42 Å². The van der Waals surface area contributed by atoms with Crippen LogP contribution in [0, 0.1) is 11.8 Å². The standard InChI is InChI=1S/C29H35N3O3/c1-20(27(33)30-24-11-7-2-3-8-12-24)21-15-17-32(18-16-21)29(34)23-13-14-26-25(19-23)31-28(35-26)22-9-5-4-6-10-22/h4-6,9-10,13-14,19-21,24H,2-3,7-8,11-12,15-18H2,1H3,(H,30,33). The van der Waals surface area contributed by atoms with E-state index in [2.05, 4.69) is 17.2 Å². The van der Waals surface area contributed by atoms with Crippen molar-refractivity contribution in [3.05, 3.63) is 54.1 Å². The van der Waals surface area contributed by atoms with Crippen molar-refractivity contribution in [2.75, 3.05) is 13.1 Å². The van der Waals surface area contributed by atoms with Crippen LogP contribution in [0.4, 0.5) is 0 Å². The molecule has 6 heteroatoms. The molecule has 0 spiro atoms. The van der Waals surface area contributed by atoms with E-state index in [9.17, 15) is 9.59 Å². The summed E-state index contributed by atoms with van der Waals surface area (Å²) in [6, 6.07) is 15.6. The predicted molar refractivity (Wildman–Crippen MR) is 137 cm³/mol. The largest absolute Gasteiger partial charge is 0.436 e. The van der Waals surface area contributed by atoms with E-state index in [1.807, 2.05) is 53.4 Å². The van der Waals surface area contributed by atoms with E-state index < -0.39 is 0 Å². The van der Waals surface area contributed by atoms with Crippen LogP contribution in [-0.4, -0.2) is 40.8 Å². The lowest BCUT2D eigenvalue weighted by Gasteiger charge is -2.35. The molecule has 1 aliphatic carbocycles. The number of nitrogens with zero attached hydrogens (tertiary/aromatic N) is 2. The number of nitrogens with one attached hydrogen (secondary N) is 1. The number of fused-ring (bicyclic) bond motifs is 1. The topological polar surface area (TPSA) is 75.4 Å². The molecule has 3 aromatic rings. The zero-order valence-electron chi connectivity index (χ0n) is 20.5. The highest BCUT2D eigenvalue weighted by atomic mass is 16.3. The minimum Gasteiger partial charge on any atom is -0.436 e. The van der Waals surface area contributed by atoms with Gasteiger partial charge in [-0.2, -0.15) is 0 Å². The fourth-order valence-electron chi connectivity index (χ4n) is 5.52. The first-order valence-electron chi connectivity index (χ1n) is 13.1. The van der Waals surface area contributed by atoms with E-state index in [1.54, 1.807) is 0 Å². The molecule has 1 unspecified atom stereocenters. The maximum atomic E-state index is 13.2. The predicted octanol–water partition coefficient (Wildman–Crippen LogP) is 5.82. The SMILES string of the molecule is CC(C(=O)NC1CCCCCC1)C1CCN(C(=O)c2ccc3oc(-c4ccccc4)nc3c2)CC1. The first-order chi connectivity index (χ1) is 17.1. The van der Waals surface area contributed by atoms with Crippen LogP contribution >= 0.6 is 0 Å². The number of likely N-dealkylation sites (tertiary alicyclic amines) is 1. The Labute approximate surface area is 207 Å². The van der Waals surface area contributed by atoms with Gasteiger partial charge in [-0.3, -0.25) is 9.59 Å². The Morgan fingerprint density at radius 1 is 0.971 bits per heavy atom. The van der Waals surface area contributed by atoms with Crippen LogP contribution in [0.25, 0.3) is 22.6 Å². The summed E-state index contributed by atoms with van der Waals surface area (Å²) in [4.78, 5) is 32.6. The molecule has 1 N–H and O–H groups in total. The van der Waals surface area contributed by atoms with Gasteiger partial charge in [0.15, 0.2) is 5.58 Å². The molecule has 2 aromatic carbocycles. The Morgan fingerprint density at radius 2 is 1.69 bits per heavy atom. The molecule has 1 saturated carbocycles. The molecule has 1 aromatic heterocycles. The van der Waals surface area contributed by atoms with Crippen molar-refractivity contribution < 1.29 is 14.0 Å². The molecule has 35 heavy (non-hydrogen) atoms. The quantitative estimate of drug-likeness (QED) is 0.474. The Bertz CT molecular complexity index is 1160. The van der Waals surface area contributed by atoms with Gasteiger partial charge in [0.25, 0.3) is 5.91 Å².